The van der Waals surface area contributed by atoms with E-state index >= 15 is 0 Å². The van der Waals surface area contributed by atoms with Crippen LogP contribution in [0.4, 0.5) is 5.69 Å². The molecule has 2 N–H and O–H groups in total. The lowest BCUT2D eigenvalue weighted by Gasteiger charge is -2.05. The number of hydrogen-bond donors (Lipinski definition) is 2. The van der Waals surface area contributed by atoms with Crippen molar-refractivity contribution in [2.24, 2.45) is 7.05 Å². The number of nitrogens with one attached hydrogen (secondary N) is 2. The predicted molar refractivity (Wildman–Crippen MR) is 64.5 cm³/mol. The number of nitrogens with zero attached hydrogens (tertiary/aromatic N) is 2. The first-order valence-corrected chi connectivity index (χ1v) is 5.51. The van der Waals surface area contributed by atoms with Gasteiger partial charge in [0.15, 0.2) is 0 Å². The SMILES string of the molecule is CNCCCC(=O)Nc1c(C)nn(C)c1C. The largest absolute Gasteiger partial charge is 0.323 e. The van der Waals surface area contributed by atoms with Gasteiger partial charge in [0.1, 0.15) is 0 Å². The lowest BCUT2D eigenvalue weighted by atomic mass is 10.2. The smallest absolute Gasteiger partial charge is 0.224 e. The summed E-state index contributed by atoms with van der Waals surface area (Å²) in [6.07, 6.45) is 1.38. The fourth-order valence-corrected chi connectivity index (χ4v) is 1.58. The lowest BCUT2D eigenvalue weighted by molar-refractivity contribution is -0.116. The van der Waals surface area contributed by atoms with E-state index in [-0.39, 0.29) is 5.91 Å². The minimum atomic E-state index is 0.0504. The predicted octanol–water partition coefficient (Wildman–Crippen LogP) is 0.975. The Balaban J connectivity index is 2.56. The maximum atomic E-state index is 11.6. The molecule has 0 saturated carbocycles. The molecule has 0 saturated heterocycles. The summed E-state index contributed by atoms with van der Waals surface area (Å²) < 4.78 is 1.78. The van der Waals surface area contributed by atoms with Crippen LogP contribution >= 0.6 is 0 Å². The van der Waals surface area contributed by atoms with E-state index in [0.29, 0.717) is 6.42 Å². The van der Waals surface area contributed by atoms with Crippen LogP contribution in [0.5, 0.6) is 0 Å². The molecule has 5 nitrogen and oxygen atoms in total. The van der Waals surface area contributed by atoms with Crippen LogP contribution < -0.4 is 10.6 Å². The first-order chi connectivity index (χ1) is 7.56. The Bertz CT molecular complexity index is 370. The molecule has 1 amide bonds. The summed E-state index contributed by atoms with van der Waals surface area (Å²) in [5.74, 6) is 0.0504. The first kappa shape index (κ1) is 12.7. The third kappa shape index (κ3) is 3.06. The van der Waals surface area contributed by atoms with Gasteiger partial charge in [-0.25, -0.2) is 0 Å². The number of anilines is 1. The molecule has 1 rings (SSSR count). The highest BCUT2D eigenvalue weighted by molar-refractivity contribution is 5.91. The molecule has 0 aromatic carbocycles. The third-order valence-electron chi connectivity index (χ3n) is 2.60. The van der Waals surface area contributed by atoms with E-state index in [4.69, 9.17) is 0 Å². The second-order valence-electron chi connectivity index (χ2n) is 3.92. The van der Waals surface area contributed by atoms with E-state index in [1.165, 1.54) is 0 Å². The minimum absolute atomic E-state index is 0.0504. The van der Waals surface area contributed by atoms with E-state index in [2.05, 4.69) is 15.7 Å². The normalized spacial score (nSPS) is 10.5. The molecule has 0 aliphatic carbocycles. The van der Waals surface area contributed by atoms with Crippen LogP contribution in [0.1, 0.15) is 24.2 Å². The summed E-state index contributed by atoms with van der Waals surface area (Å²) in [5.41, 5.74) is 2.69. The van der Waals surface area contributed by atoms with E-state index in [9.17, 15) is 4.79 Å². The Hall–Kier alpha value is -1.36. The molecule has 16 heavy (non-hydrogen) atoms. The fraction of sp³-hybridized carbons (Fsp3) is 0.636. The van der Waals surface area contributed by atoms with E-state index < -0.39 is 0 Å². The fourth-order valence-electron chi connectivity index (χ4n) is 1.58. The zero-order valence-electron chi connectivity index (χ0n) is 10.4. The number of carbonyl (C=O) groups is 1. The van der Waals surface area contributed by atoms with Crippen LogP contribution in [-0.2, 0) is 11.8 Å². The Kier molecular flexibility index (Phi) is 4.49. The van der Waals surface area contributed by atoms with Gasteiger partial charge >= 0.3 is 0 Å². The minimum Gasteiger partial charge on any atom is -0.323 e. The molecule has 1 heterocycles. The molecule has 5 heteroatoms. The summed E-state index contributed by atoms with van der Waals surface area (Å²) in [7, 11) is 3.76. The molecule has 0 aliphatic heterocycles. The molecule has 90 valence electrons. The third-order valence-corrected chi connectivity index (χ3v) is 2.60. The van der Waals surface area contributed by atoms with Crippen molar-refractivity contribution in [3.8, 4) is 0 Å². The molecule has 0 radical (unpaired) electrons. The number of carbonyl (C=O) groups excluding carboxylic acids is 1. The Morgan fingerprint density at radius 2 is 2.12 bits per heavy atom. The van der Waals surface area contributed by atoms with Crippen molar-refractivity contribution in [3.05, 3.63) is 11.4 Å². The Morgan fingerprint density at radius 3 is 2.62 bits per heavy atom. The Labute approximate surface area is 96.2 Å². The van der Waals surface area contributed by atoms with Crippen molar-refractivity contribution in [1.82, 2.24) is 15.1 Å². The number of aryl methyl sites for hydroxylation is 2. The van der Waals surface area contributed by atoms with Gasteiger partial charge in [0, 0.05) is 13.5 Å². The van der Waals surface area contributed by atoms with Gasteiger partial charge in [-0.15, -0.1) is 0 Å². The van der Waals surface area contributed by atoms with Crippen molar-refractivity contribution in [2.45, 2.75) is 26.7 Å². The quantitative estimate of drug-likeness (QED) is 0.733. The van der Waals surface area contributed by atoms with E-state index in [1.54, 1.807) is 4.68 Å². The zero-order chi connectivity index (χ0) is 12.1. The zero-order valence-corrected chi connectivity index (χ0v) is 10.4. The molecule has 0 bridgehead atoms. The summed E-state index contributed by atoms with van der Waals surface area (Å²) in [5, 5.41) is 10.2. The van der Waals surface area contributed by atoms with Crippen molar-refractivity contribution in [2.75, 3.05) is 18.9 Å². The van der Waals surface area contributed by atoms with Gasteiger partial charge in [0.2, 0.25) is 5.91 Å². The number of aromatic nitrogens is 2. The molecule has 1 aromatic rings. The standard InChI is InChI=1S/C11H20N4O/c1-8-11(9(2)15(4)14-8)13-10(16)6-5-7-12-3/h12H,5-7H2,1-4H3,(H,13,16). The van der Waals surface area contributed by atoms with E-state index in [0.717, 1.165) is 30.0 Å². The molecule has 0 fully saturated rings. The van der Waals surface area contributed by atoms with Crippen LogP contribution in [0.15, 0.2) is 0 Å². The first-order valence-electron chi connectivity index (χ1n) is 5.51. The molecule has 1 aromatic heterocycles. The molecule has 0 aliphatic rings. The molecule has 0 unspecified atom stereocenters. The maximum Gasteiger partial charge on any atom is 0.224 e. The van der Waals surface area contributed by atoms with Gasteiger partial charge < -0.3 is 10.6 Å². The van der Waals surface area contributed by atoms with Gasteiger partial charge in [0.05, 0.1) is 17.1 Å². The van der Waals surface area contributed by atoms with Crippen LogP contribution in [0, 0.1) is 13.8 Å². The summed E-state index contributed by atoms with van der Waals surface area (Å²) in [6.45, 7) is 4.71. The van der Waals surface area contributed by atoms with Crippen molar-refractivity contribution in [3.63, 3.8) is 0 Å². The van der Waals surface area contributed by atoms with Crippen molar-refractivity contribution < 1.29 is 4.79 Å². The number of rotatable bonds is 5. The average Bonchev–Trinajstić information content (AvgIpc) is 2.46. The number of hydrogen-bond acceptors (Lipinski definition) is 3. The van der Waals surface area contributed by atoms with Gasteiger partial charge in [0.25, 0.3) is 0 Å². The second-order valence-corrected chi connectivity index (χ2v) is 3.92. The average molecular weight is 224 g/mol. The monoisotopic (exact) mass is 224 g/mol. The number of amides is 1. The van der Waals surface area contributed by atoms with Crippen molar-refractivity contribution in [1.29, 1.82) is 0 Å². The summed E-state index contributed by atoms with van der Waals surface area (Å²) >= 11 is 0. The van der Waals surface area contributed by atoms with Gasteiger partial charge in [-0.2, -0.15) is 5.10 Å². The highest BCUT2D eigenvalue weighted by Crippen LogP contribution is 2.18. The summed E-state index contributed by atoms with van der Waals surface area (Å²) in [4.78, 5) is 11.6. The second kappa shape index (κ2) is 5.65. The molecule has 0 atom stereocenters. The van der Waals surface area contributed by atoms with Gasteiger partial charge in [-0.1, -0.05) is 0 Å². The van der Waals surface area contributed by atoms with E-state index in [1.807, 2.05) is 27.9 Å². The van der Waals surface area contributed by atoms with Crippen LogP contribution in [0.2, 0.25) is 0 Å². The molecule has 0 spiro atoms. The van der Waals surface area contributed by atoms with Gasteiger partial charge in [-0.05, 0) is 33.9 Å². The van der Waals surface area contributed by atoms with Crippen LogP contribution in [0.25, 0.3) is 0 Å². The molecular weight excluding hydrogens is 204 g/mol. The topological polar surface area (TPSA) is 59.0 Å². The van der Waals surface area contributed by atoms with Gasteiger partial charge in [-0.3, -0.25) is 9.48 Å². The Morgan fingerprint density at radius 1 is 1.44 bits per heavy atom. The lowest BCUT2D eigenvalue weighted by Crippen LogP contribution is -2.16. The van der Waals surface area contributed by atoms with Crippen LogP contribution in [-0.4, -0.2) is 29.3 Å². The van der Waals surface area contributed by atoms with Crippen molar-refractivity contribution >= 4 is 11.6 Å². The highest BCUT2D eigenvalue weighted by atomic mass is 16.1. The van der Waals surface area contributed by atoms with Crippen LogP contribution in [0.3, 0.4) is 0 Å². The summed E-state index contributed by atoms with van der Waals surface area (Å²) in [6, 6.07) is 0. The highest BCUT2D eigenvalue weighted by Gasteiger charge is 2.11. The molecular formula is C11H20N4O. The maximum absolute atomic E-state index is 11.6.